The quantitative estimate of drug-likeness (QED) is 0.163. The van der Waals surface area contributed by atoms with E-state index in [4.69, 9.17) is 9.72 Å². The van der Waals surface area contributed by atoms with Gasteiger partial charge in [0.1, 0.15) is 5.82 Å². The zero-order chi connectivity index (χ0) is 31.0. The number of rotatable bonds is 5. The van der Waals surface area contributed by atoms with Crippen LogP contribution in [0.1, 0.15) is 52.0 Å². The summed E-state index contributed by atoms with van der Waals surface area (Å²) in [7, 11) is 0. The molecule has 2 aliphatic carbocycles. The number of fused-ring (bicyclic) bond motifs is 6. The first kappa shape index (κ1) is 30.2. The van der Waals surface area contributed by atoms with Gasteiger partial charge in [-0.15, -0.1) is 41.4 Å². The molecule has 2 fully saturated rings. The number of aromatic nitrogens is 3. The number of benzene rings is 3. The van der Waals surface area contributed by atoms with E-state index < -0.39 is 0 Å². The fraction of sp³-hybridized carbons (Fsp3) is 0.275. The molecule has 0 amide bonds. The van der Waals surface area contributed by atoms with Crippen LogP contribution in [0.4, 0.5) is 17.1 Å². The number of anilines is 3. The average Bonchev–Trinajstić information content (AvgIpc) is 3.86. The van der Waals surface area contributed by atoms with Gasteiger partial charge in [-0.25, -0.2) is 4.98 Å². The summed E-state index contributed by atoms with van der Waals surface area (Å²) in [6.07, 6.45) is 11.1. The monoisotopic (exact) mass is 797 g/mol. The molecule has 1 aliphatic heterocycles. The Hall–Kier alpha value is -4.15. The zero-order valence-corrected chi connectivity index (χ0v) is 29.0. The maximum absolute atomic E-state index is 6.50. The summed E-state index contributed by atoms with van der Waals surface area (Å²) in [6.45, 7) is 8.94. The summed E-state index contributed by atoms with van der Waals surface area (Å²) in [5, 5.41) is 2.27. The summed E-state index contributed by atoms with van der Waals surface area (Å²) >= 11 is 0. The fourth-order valence-corrected chi connectivity index (χ4v) is 7.97. The van der Waals surface area contributed by atoms with E-state index in [0.29, 0.717) is 17.5 Å². The SMILES string of the molecule is CC(C)(C)c1ccnc(-n2c3[c-]c(Oc4[c-]c(N5[CH-]N(C6CC7CCC6C7)c6cnccc65)ccc4)ccc3c3ccccc32)c1.[Pt]. The number of ether oxygens (including phenoxy) is 1. The minimum Gasteiger partial charge on any atom is -0.509 e. The molecule has 47 heavy (non-hydrogen) atoms. The molecule has 0 N–H and O–H groups in total. The molecule has 2 saturated carbocycles. The van der Waals surface area contributed by atoms with Crippen molar-refractivity contribution in [1.29, 1.82) is 0 Å². The number of nitrogens with zero attached hydrogens (tertiary/aromatic N) is 5. The summed E-state index contributed by atoms with van der Waals surface area (Å²) in [4.78, 5) is 14.0. The van der Waals surface area contributed by atoms with Crippen LogP contribution in [-0.2, 0) is 26.5 Å². The van der Waals surface area contributed by atoms with E-state index in [1.165, 1.54) is 36.9 Å². The first-order chi connectivity index (χ1) is 22.4. The van der Waals surface area contributed by atoms with Crippen molar-refractivity contribution in [2.24, 2.45) is 11.8 Å². The van der Waals surface area contributed by atoms with E-state index >= 15 is 0 Å². The smallest absolute Gasteiger partial charge is 0.135 e. The van der Waals surface area contributed by atoms with Crippen LogP contribution in [0, 0.1) is 30.6 Å². The molecule has 3 atom stereocenters. The van der Waals surface area contributed by atoms with Gasteiger partial charge in [0.2, 0.25) is 0 Å². The molecule has 7 heteroatoms. The van der Waals surface area contributed by atoms with Crippen LogP contribution in [0.25, 0.3) is 27.6 Å². The van der Waals surface area contributed by atoms with Crippen molar-refractivity contribution >= 4 is 38.9 Å². The Balaban J connectivity index is 0.00000324. The maximum atomic E-state index is 6.50. The second-order valence-electron chi connectivity index (χ2n) is 14.1. The van der Waals surface area contributed by atoms with Gasteiger partial charge in [0.15, 0.2) is 0 Å². The number of hydrogen-bond donors (Lipinski definition) is 0. The van der Waals surface area contributed by atoms with E-state index in [2.05, 4.69) is 114 Å². The predicted molar refractivity (Wildman–Crippen MR) is 184 cm³/mol. The van der Waals surface area contributed by atoms with Gasteiger partial charge in [-0.3, -0.25) is 4.98 Å². The van der Waals surface area contributed by atoms with Crippen molar-refractivity contribution in [1.82, 2.24) is 14.5 Å². The van der Waals surface area contributed by atoms with Crippen molar-refractivity contribution in [3.63, 3.8) is 0 Å². The number of para-hydroxylation sites is 1. The van der Waals surface area contributed by atoms with Crippen LogP contribution >= 0.6 is 0 Å². The Bertz CT molecular complexity index is 2120. The van der Waals surface area contributed by atoms with Gasteiger partial charge in [-0.1, -0.05) is 50.9 Å². The van der Waals surface area contributed by atoms with Gasteiger partial charge in [0, 0.05) is 74.1 Å². The molecule has 0 spiro atoms. The first-order valence-corrected chi connectivity index (χ1v) is 16.4. The second kappa shape index (κ2) is 11.5. The largest absolute Gasteiger partial charge is 0.509 e. The number of pyridine rings is 2. The third-order valence-corrected chi connectivity index (χ3v) is 10.2. The van der Waals surface area contributed by atoms with E-state index in [-0.39, 0.29) is 26.5 Å². The zero-order valence-electron chi connectivity index (χ0n) is 26.8. The Kier molecular flexibility index (Phi) is 7.40. The Morgan fingerprint density at radius 1 is 0.851 bits per heavy atom. The summed E-state index contributed by atoms with van der Waals surface area (Å²) in [6, 6.07) is 32.8. The minimum atomic E-state index is 0. The van der Waals surface area contributed by atoms with Gasteiger partial charge in [0.05, 0.1) is 0 Å². The average molecular weight is 798 g/mol. The molecule has 2 bridgehead atoms. The summed E-state index contributed by atoms with van der Waals surface area (Å²) in [5.74, 6) is 3.78. The minimum absolute atomic E-state index is 0. The topological polar surface area (TPSA) is 46.4 Å². The van der Waals surface area contributed by atoms with Gasteiger partial charge in [-0.2, -0.15) is 18.8 Å². The predicted octanol–water partition coefficient (Wildman–Crippen LogP) is 9.53. The van der Waals surface area contributed by atoms with Crippen molar-refractivity contribution in [2.75, 3.05) is 9.80 Å². The molecule has 0 saturated heterocycles. The van der Waals surface area contributed by atoms with E-state index in [1.807, 2.05) is 36.8 Å². The first-order valence-electron chi connectivity index (χ1n) is 16.4. The molecule has 3 aliphatic rings. The van der Waals surface area contributed by atoms with E-state index in [1.54, 1.807) is 0 Å². The van der Waals surface area contributed by atoms with Crippen LogP contribution in [0.5, 0.6) is 11.5 Å². The fourth-order valence-electron chi connectivity index (χ4n) is 7.97. The molecule has 4 heterocycles. The van der Waals surface area contributed by atoms with Crippen molar-refractivity contribution < 1.29 is 25.8 Å². The third kappa shape index (κ3) is 5.13. The molecule has 3 unspecified atom stereocenters. The second-order valence-corrected chi connectivity index (χ2v) is 14.1. The molecule has 240 valence electrons. The number of hydrogen-bond acceptors (Lipinski definition) is 5. The van der Waals surface area contributed by atoms with Gasteiger partial charge < -0.3 is 19.1 Å². The third-order valence-electron chi connectivity index (χ3n) is 10.2. The molecule has 3 aromatic heterocycles. The van der Waals surface area contributed by atoms with Crippen LogP contribution in [0.2, 0.25) is 0 Å². The van der Waals surface area contributed by atoms with Crippen LogP contribution < -0.4 is 14.5 Å². The molecule has 6 aromatic rings. The van der Waals surface area contributed by atoms with Crippen LogP contribution in [-0.4, -0.2) is 20.6 Å². The standard InChI is InChI=1S/C40H36N5O.Pt/c1-40(2,3)28-15-18-42-39(21-28)45-34-10-5-4-9-32(34)33-14-13-31(23-37(33)45)46-30-8-6-7-29(22-30)43-25-44(38-24-41-17-16-35(38)43)36-20-26-11-12-27(36)19-26;/h4-10,13-18,21,24-27,36H,11-12,19-20H2,1-3H3;/q-3;. The van der Waals surface area contributed by atoms with Crippen molar-refractivity contribution in [2.45, 2.75) is 57.9 Å². The summed E-state index contributed by atoms with van der Waals surface area (Å²) < 4.78 is 8.69. The van der Waals surface area contributed by atoms with Crippen molar-refractivity contribution in [3.05, 3.63) is 116 Å². The van der Waals surface area contributed by atoms with E-state index in [0.717, 1.165) is 50.8 Å². The van der Waals surface area contributed by atoms with Gasteiger partial charge >= 0.3 is 0 Å². The molecule has 0 radical (unpaired) electrons. The molecule has 9 rings (SSSR count). The Morgan fingerprint density at radius 3 is 2.55 bits per heavy atom. The molecular formula is C40H36N5OPt-3. The van der Waals surface area contributed by atoms with Gasteiger partial charge in [-0.05, 0) is 71.7 Å². The normalized spacial score (nSPS) is 20.2. The Morgan fingerprint density at radius 2 is 1.72 bits per heavy atom. The molecule has 6 nitrogen and oxygen atoms in total. The van der Waals surface area contributed by atoms with Crippen LogP contribution in [0.3, 0.4) is 0 Å². The summed E-state index contributed by atoms with van der Waals surface area (Å²) in [5.41, 5.74) is 6.52. The molecular weight excluding hydrogens is 762 g/mol. The maximum Gasteiger partial charge on any atom is 0.135 e. The van der Waals surface area contributed by atoms with Crippen molar-refractivity contribution in [3.8, 4) is 17.3 Å². The van der Waals surface area contributed by atoms with Crippen LogP contribution in [0.15, 0.2) is 91.4 Å². The molecule has 3 aromatic carbocycles. The Labute approximate surface area is 290 Å². The van der Waals surface area contributed by atoms with Gasteiger partial charge in [0.25, 0.3) is 0 Å². The van der Waals surface area contributed by atoms with E-state index in [9.17, 15) is 0 Å².